The highest BCUT2D eigenvalue weighted by Crippen LogP contribution is 2.26. The molecule has 7 nitrogen and oxygen atoms in total. The molecular weight excluding hydrogens is 284 g/mol. The van der Waals surface area contributed by atoms with Crippen LogP contribution >= 0.6 is 0 Å². The summed E-state index contributed by atoms with van der Waals surface area (Å²) in [6, 6.07) is 1.57. The minimum absolute atomic E-state index is 0.303. The van der Waals surface area contributed by atoms with Gasteiger partial charge < -0.3 is 15.4 Å². The Labute approximate surface area is 128 Å². The van der Waals surface area contributed by atoms with Gasteiger partial charge in [0.05, 0.1) is 13.2 Å². The number of hydrogen-bond donors (Lipinski definition) is 1. The molecule has 0 spiro atoms. The van der Waals surface area contributed by atoms with Crippen molar-refractivity contribution in [2.24, 2.45) is 5.73 Å². The zero-order valence-electron chi connectivity index (χ0n) is 12.2. The van der Waals surface area contributed by atoms with Crippen molar-refractivity contribution in [3.63, 3.8) is 0 Å². The Kier molecular flexibility index (Phi) is 4.09. The zero-order chi connectivity index (χ0) is 15.5. The number of pyridine rings is 1. The van der Waals surface area contributed by atoms with Gasteiger partial charge in [-0.25, -0.2) is 14.6 Å². The quantitative estimate of drug-likeness (QED) is 0.802. The van der Waals surface area contributed by atoms with Gasteiger partial charge in [0.1, 0.15) is 17.5 Å². The van der Waals surface area contributed by atoms with Crippen molar-refractivity contribution in [3.8, 4) is 0 Å². The lowest BCUT2D eigenvalue weighted by molar-refractivity contribution is 0.0719. The summed E-state index contributed by atoms with van der Waals surface area (Å²) < 4.78 is 5.26. The highest BCUT2D eigenvalue weighted by Gasteiger charge is 2.23. The molecule has 0 bridgehead atoms. The van der Waals surface area contributed by atoms with E-state index in [9.17, 15) is 9.59 Å². The molecule has 1 fully saturated rings. The van der Waals surface area contributed by atoms with Crippen molar-refractivity contribution in [2.45, 2.75) is 19.4 Å². The van der Waals surface area contributed by atoms with Crippen LogP contribution in [0.2, 0.25) is 0 Å². The molecule has 2 aliphatic heterocycles. The Bertz CT molecular complexity index is 640. The van der Waals surface area contributed by atoms with Gasteiger partial charge in [-0.1, -0.05) is 0 Å². The number of nitrogens with zero attached hydrogens (tertiary/aromatic N) is 3. The van der Waals surface area contributed by atoms with Crippen LogP contribution in [0.5, 0.6) is 0 Å². The smallest absolute Gasteiger partial charge is 0.320 e. The van der Waals surface area contributed by atoms with Gasteiger partial charge in [0, 0.05) is 25.8 Å². The number of carbonyl (C=O) groups excluding carboxylic acids is 2. The van der Waals surface area contributed by atoms with Crippen LogP contribution in [-0.2, 0) is 22.5 Å². The molecule has 3 heterocycles. The number of nitrogens with two attached hydrogens (primary N) is 1. The van der Waals surface area contributed by atoms with Crippen LogP contribution in [0.1, 0.15) is 17.5 Å². The number of hydrogen-bond acceptors (Lipinski definition) is 5. The van der Waals surface area contributed by atoms with Crippen molar-refractivity contribution >= 4 is 17.8 Å². The third-order valence-electron chi connectivity index (χ3n) is 3.97. The lowest BCUT2D eigenvalue weighted by Gasteiger charge is -2.30. The van der Waals surface area contributed by atoms with E-state index in [0.29, 0.717) is 44.4 Å². The minimum Gasteiger partial charge on any atom is -0.373 e. The first-order valence-electron chi connectivity index (χ1n) is 7.30. The minimum atomic E-state index is -0.472. The van der Waals surface area contributed by atoms with Crippen molar-refractivity contribution in [3.05, 3.63) is 29.1 Å². The predicted octanol–water partition coefficient (Wildman–Crippen LogP) is 0.461. The summed E-state index contributed by atoms with van der Waals surface area (Å²) in [5.41, 5.74) is 7.94. The molecule has 2 N–H and O–H groups in total. The monoisotopic (exact) mass is 302 g/mol. The number of aryl methyl sites for hydroxylation is 1. The summed E-state index contributed by atoms with van der Waals surface area (Å²) in [7, 11) is 0. The van der Waals surface area contributed by atoms with Gasteiger partial charge >= 0.3 is 6.03 Å². The number of ether oxygens (including phenoxy) is 1. The van der Waals surface area contributed by atoms with Gasteiger partial charge in [0.15, 0.2) is 0 Å². The lowest BCUT2D eigenvalue weighted by Crippen LogP contribution is -2.40. The molecule has 0 unspecified atom stereocenters. The third-order valence-corrected chi connectivity index (χ3v) is 3.97. The molecule has 2 aliphatic rings. The van der Waals surface area contributed by atoms with Crippen LogP contribution in [0.3, 0.4) is 0 Å². The van der Waals surface area contributed by atoms with Crippen molar-refractivity contribution in [1.82, 2.24) is 9.88 Å². The Hall–Kier alpha value is -2.37. The van der Waals surface area contributed by atoms with E-state index in [4.69, 9.17) is 10.5 Å². The number of amides is 2. The maximum absolute atomic E-state index is 11.4. The fourth-order valence-corrected chi connectivity index (χ4v) is 2.87. The number of morpholine rings is 1. The molecule has 0 aromatic carbocycles. The number of rotatable bonds is 2. The number of anilines is 1. The van der Waals surface area contributed by atoms with E-state index in [2.05, 4.69) is 4.98 Å². The fraction of sp³-hybridized carbons (Fsp3) is 0.467. The topological polar surface area (TPSA) is 88.8 Å². The van der Waals surface area contributed by atoms with E-state index in [1.54, 1.807) is 6.20 Å². The third kappa shape index (κ3) is 2.81. The van der Waals surface area contributed by atoms with Crippen LogP contribution in [0.15, 0.2) is 18.0 Å². The highest BCUT2D eigenvalue weighted by atomic mass is 16.5. The summed E-state index contributed by atoms with van der Waals surface area (Å²) in [6.07, 6.45) is 3.48. The van der Waals surface area contributed by atoms with Gasteiger partial charge in [-0.2, -0.15) is 0 Å². The summed E-state index contributed by atoms with van der Waals surface area (Å²) in [6.45, 7) is 2.76. The molecule has 0 aliphatic carbocycles. The Morgan fingerprint density at radius 3 is 3.09 bits per heavy atom. The van der Waals surface area contributed by atoms with Crippen LogP contribution in [-0.4, -0.2) is 48.2 Å². The number of fused-ring (bicyclic) bond motifs is 1. The maximum Gasteiger partial charge on any atom is 0.320 e. The second-order valence-electron chi connectivity index (χ2n) is 5.44. The molecule has 1 saturated heterocycles. The first-order valence-corrected chi connectivity index (χ1v) is 7.30. The molecule has 7 heteroatoms. The number of urea groups is 1. The highest BCUT2D eigenvalue weighted by molar-refractivity contribution is 5.90. The zero-order valence-corrected chi connectivity index (χ0v) is 12.2. The molecule has 0 atom stereocenters. The molecule has 3 rings (SSSR count). The van der Waals surface area contributed by atoms with Crippen molar-refractivity contribution in [1.29, 1.82) is 0 Å². The molecule has 0 radical (unpaired) electrons. The SMILES string of the molecule is NC(=O)N1CCCc2cc(CN3CCOCC3=C=O)cnc21. The number of carbonyl (C=O) groups is 1. The van der Waals surface area contributed by atoms with E-state index in [1.807, 2.05) is 16.9 Å². The van der Waals surface area contributed by atoms with Crippen LogP contribution in [0, 0.1) is 0 Å². The van der Waals surface area contributed by atoms with Crippen molar-refractivity contribution < 1.29 is 14.3 Å². The number of aromatic nitrogens is 1. The van der Waals surface area contributed by atoms with E-state index >= 15 is 0 Å². The van der Waals surface area contributed by atoms with Crippen LogP contribution in [0.4, 0.5) is 10.6 Å². The number of primary amides is 1. The largest absolute Gasteiger partial charge is 0.373 e. The van der Waals surface area contributed by atoms with E-state index in [1.165, 1.54) is 4.90 Å². The Morgan fingerprint density at radius 1 is 1.45 bits per heavy atom. The van der Waals surface area contributed by atoms with Gasteiger partial charge in [0.25, 0.3) is 0 Å². The van der Waals surface area contributed by atoms with E-state index in [-0.39, 0.29) is 0 Å². The van der Waals surface area contributed by atoms with Gasteiger partial charge in [0.2, 0.25) is 0 Å². The standard InChI is InChI=1S/C15H18N4O3/c16-15(21)19-3-1-2-12-6-11(7-17-14(12)19)8-18-4-5-22-10-13(18)9-20/h6-7H,1-5,8,10H2,(H2,16,21). The fourth-order valence-electron chi connectivity index (χ4n) is 2.87. The van der Waals surface area contributed by atoms with Crippen LogP contribution < -0.4 is 10.6 Å². The molecule has 1 aromatic rings. The van der Waals surface area contributed by atoms with E-state index in [0.717, 1.165) is 24.0 Å². The average molecular weight is 302 g/mol. The molecule has 0 saturated carbocycles. The van der Waals surface area contributed by atoms with Gasteiger partial charge in [-0.15, -0.1) is 0 Å². The second-order valence-corrected chi connectivity index (χ2v) is 5.44. The second kappa shape index (κ2) is 6.17. The Balaban J connectivity index is 1.81. The molecule has 116 valence electrons. The summed E-state index contributed by atoms with van der Waals surface area (Å²) >= 11 is 0. The maximum atomic E-state index is 11.4. The van der Waals surface area contributed by atoms with Crippen molar-refractivity contribution in [2.75, 3.05) is 31.2 Å². The Morgan fingerprint density at radius 2 is 2.32 bits per heavy atom. The molecule has 2 amide bonds. The van der Waals surface area contributed by atoms with Gasteiger partial charge in [-0.05, 0) is 30.0 Å². The first kappa shape index (κ1) is 14.6. The van der Waals surface area contributed by atoms with Gasteiger partial charge in [-0.3, -0.25) is 4.90 Å². The summed E-state index contributed by atoms with van der Waals surface area (Å²) in [5, 5.41) is 0. The van der Waals surface area contributed by atoms with Crippen LogP contribution in [0.25, 0.3) is 0 Å². The lowest BCUT2D eigenvalue weighted by atomic mass is 10.0. The predicted molar refractivity (Wildman–Crippen MR) is 79.9 cm³/mol. The normalized spacial score (nSPS) is 17.9. The van der Waals surface area contributed by atoms with E-state index < -0.39 is 6.03 Å². The summed E-state index contributed by atoms with van der Waals surface area (Å²) in [5.74, 6) is 2.59. The molecule has 1 aromatic heterocycles. The first-order chi connectivity index (χ1) is 10.7. The molecule has 22 heavy (non-hydrogen) atoms. The summed E-state index contributed by atoms with van der Waals surface area (Å²) in [4.78, 5) is 30.3. The molecular formula is C15H18N4O3. The average Bonchev–Trinajstić information content (AvgIpc) is 2.54.